The lowest BCUT2D eigenvalue weighted by atomic mass is 9.97. The summed E-state index contributed by atoms with van der Waals surface area (Å²) in [6.07, 6.45) is 0.483. The number of hydrogen-bond acceptors (Lipinski definition) is 3. The van der Waals surface area contributed by atoms with Crippen LogP contribution in [0.4, 0.5) is 0 Å². The van der Waals surface area contributed by atoms with Crippen LogP contribution in [0, 0.1) is 11.8 Å². The van der Waals surface area contributed by atoms with Gasteiger partial charge >= 0.3 is 5.97 Å². The van der Waals surface area contributed by atoms with Gasteiger partial charge in [0.2, 0.25) is 0 Å². The van der Waals surface area contributed by atoms with Crippen molar-refractivity contribution >= 4 is 5.97 Å². The summed E-state index contributed by atoms with van der Waals surface area (Å²) in [6.45, 7) is 5.66. The number of ether oxygens (including phenoxy) is 2. The summed E-state index contributed by atoms with van der Waals surface area (Å²) in [5.41, 5.74) is 0. The summed E-state index contributed by atoms with van der Waals surface area (Å²) < 4.78 is 11.3. The van der Waals surface area contributed by atoms with E-state index in [1.54, 1.807) is 0 Å². The fourth-order valence-electron chi connectivity index (χ4n) is 2.51. The van der Waals surface area contributed by atoms with Crippen LogP contribution in [0.25, 0.3) is 0 Å². The van der Waals surface area contributed by atoms with E-state index in [1.807, 2.05) is 20.8 Å². The van der Waals surface area contributed by atoms with Crippen LogP contribution in [0.3, 0.4) is 0 Å². The maximum atomic E-state index is 10.9. The molecule has 2 rings (SSSR count). The molecule has 1 saturated carbocycles. The summed E-state index contributed by atoms with van der Waals surface area (Å²) in [4.78, 5) is 10.9. The molecule has 2 fully saturated rings. The highest BCUT2D eigenvalue weighted by atomic mass is 16.8. The third-order valence-corrected chi connectivity index (χ3v) is 3.18. The average Bonchev–Trinajstić information content (AvgIpc) is 2.46. The predicted molar refractivity (Wildman–Crippen MR) is 48.7 cm³/mol. The Hall–Kier alpha value is -0.610. The minimum atomic E-state index is -0.739. The molecule has 1 N–H and O–H groups in total. The predicted octanol–water partition coefficient (Wildman–Crippen LogP) is 1.25. The molecule has 0 amide bonds. The number of fused-ring (bicyclic) bond motifs is 1. The third-order valence-electron chi connectivity index (χ3n) is 3.18. The third kappa shape index (κ3) is 1.42. The molecular weight excluding hydrogens is 184 g/mol. The number of aliphatic carboxylic acids is 1. The minimum absolute atomic E-state index is 0.0406. The second-order valence-corrected chi connectivity index (χ2v) is 4.68. The fraction of sp³-hybridized carbons (Fsp3) is 0.900. The van der Waals surface area contributed by atoms with E-state index in [9.17, 15) is 4.79 Å². The van der Waals surface area contributed by atoms with Gasteiger partial charge in [-0.25, -0.2) is 0 Å². The first kappa shape index (κ1) is 9.93. The van der Waals surface area contributed by atoms with Crippen LogP contribution in [0.2, 0.25) is 0 Å². The molecule has 0 radical (unpaired) electrons. The van der Waals surface area contributed by atoms with Gasteiger partial charge < -0.3 is 14.6 Å². The molecule has 4 heteroatoms. The first-order valence-electron chi connectivity index (χ1n) is 4.99. The Bertz CT molecular complexity index is 261. The molecule has 1 saturated heterocycles. The number of carboxylic acids is 1. The van der Waals surface area contributed by atoms with Gasteiger partial charge in [0.25, 0.3) is 0 Å². The van der Waals surface area contributed by atoms with E-state index in [-0.39, 0.29) is 24.0 Å². The van der Waals surface area contributed by atoms with E-state index >= 15 is 0 Å². The lowest BCUT2D eigenvalue weighted by Gasteiger charge is -2.22. The van der Waals surface area contributed by atoms with Gasteiger partial charge in [0.15, 0.2) is 5.79 Å². The van der Waals surface area contributed by atoms with E-state index in [1.165, 1.54) is 0 Å². The van der Waals surface area contributed by atoms with Gasteiger partial charge in [-0.3, -0.25) is 4.79 Å². The highest BCUT2D eigenvalue weighted by Crippen LogP contribution is 2.44. The van der Waals surface area contributed by atoms with E-state index in [0.717, 1.165) is 0 Å². The topological polar surface area (TPSA) is 55.8 Å². The van der Waals surface area contributed by atoms with Crippen molar-refractivity contribution < 1.29 is 19.4 Å². The molecule has 4 nitrogen and oxygen atoms in total. The zero-order valence-corrected chi connectivity index (χ0v) is 8.69. The number of rotatable bonds is 1. The lowest BCUT2D eigenvalue weighted by Crippen LogP contribution is -2.28. The first-order valence-corrected chi connectivity index (χ1v) is 4.99. The van der Waals surface area contributed by atoms with E-state index in [2.05, 4.69) is 0 Å². The van der Waals surface area contributed by atoms with Crippen molar-refractivity contribution in [3.05, 3.63) is 0 Å². The zero-order chi connectivity index (χ0) is 10.5. The van der Waals surface area contributed by atoms with Gasteiger partial charge in [0, 0.05) is 0 Å². The Balaban J connectivity index is 2.11. The Morgan fingerprint density at radius 1 is 1.43 bits per heavy atom. The molecule has 1 heterocycles. The fourth-order valence-corrected chi connectivity index (χ4v) is 2.51. The van der Waals surface area contributed by atoms with Gasteiger partial charge in [-0.05, 0) is 26.2 Å². The number of carboxylic acid groups (broad SMARTS) is 1. The monoisotopic (exact) mass is 200 g/mol. The SMILES string of the molecule is CC1[C@H]2OC(C)(C)O[C@H]2C[C@H]1C(=O)O. The Morgan fingerprint density at radius 3 is 2.57 bits per heavy atom. The van der Waals surface area contributed by atoms with Crippen molar-refractivity contribution in [2.75, 3.05) is 0 Å². The summed E-state index contributed by atoms with van der Waals surface area (Å²) >= 11 is 0. The normalized spacial score (nSPS) is 45.1. The van der Waals surface area contributed by atoms with Gasteiger partial charge in [0.1, 0.15) is 0 Å². The van der Waals surface area contributed by atoms with E-state index in [4.69, 9.17) is 14.6 Å². The highest BCUT2D eigenvalue weighted by Gasteiger charge is 2.53. The van der Waals surface area contributed by atoms with Gasteiger partial charge in [0.05, 0.1) is 18.1 Å². The van der Waals surface area contributed by atoms with Crippen molar-refractivity contribution in [1.82, 2.24) is 0 Å². The maximum absolute atomic E-state index is 10.9. The van der Waals surface area contributed by atoms with E-state index in [0.29, 0.717) is 6.42 Å². The van der Waals surface area contributed by atoms with Crippen LogP contribution in [0.5, 0.6) is 0 Å². The molecule has 0 aromatic heterocycles. The quantitative estimate of drug-likeness (QED) is 0.692. The number of hydrogen-bond donors (Lipinski definition) is 1. The van der Waals surface area contributed by atoms with Crippen LogP contribution >= 0.6 is 0 Å². The molecular formula is C10H16O4. The van der Waals surface area contributed by atoms with Crippen LogP contribution in [-0.2, 0) is 14.3 Å². The van der Waals surface area contributed by atoms with E-state index < -0.39 is 11.8 Å². The van der Waals surface area contributed by atoms with Crippen molar-refractivity contribution in [3.63, 3.8) is 0 Å². The molecule has 1 aliphatic heterocycles. The minimum Gasteiger partial charge on any atom is -0.481 e. The zero-order valence-electron chi connectivity index (χ0n) is 8.69. The molecule has 0 bridgehead atoms. The summed E-state index contributed by atoms with van der Waals surface area (Å²) in [5.74, 6) is -1.56. The lowest BCUT2D eigenvalue weighted by molar-refractivity contribution is -0.166. The molecule has 2 aliphatic rings. The Labute approximate surface area is 83.2 Å². The van der Waals surface area contributed by atoms with Crippen LogP contribution in [0.15, 0.2) is 0 Å². The number of carbonyl (C=O) groups is 1. The first-order chi connectivity index (χ1) is 6.41. The largest absolute Gasteiger partial charge is 0.481 e. The molecule has 0 spiro atoms. The highest BCUT2D eigenvalue weighted by molar-refractivity contribution is 5.71. The smallest absolute Gasteiger partial charge is 0.306 e. The van der Waals surface area contributed by atoms with Crippen LogP contribution in [-0.4, -0.2) is 29.1 Å². The second kappa shape index (κ2) is 2.94. The van der Waals surface area contributed by atoms with Crippen LogP contribution < -0.4 is 0 Å². The molecule has 0 aromatic carbocycles. The maximum Gasteiger partial charge on any atom is 0.306 e. The summed E-state index contributed by atoms with van der Waals surface area (Å²) in [7, 11) is 0. The van der Waals surface area contributed by atoms with Gasteiger partial charge in [-0.1, -0.05) is 6.92 Å². The second-order valence-electron chi connectivity index (χ2n) is 4.68. The van der Waals surface area contributed by atoms with Crippen molar-refractivity contribution in [2.24, 2.45) is 11.8 Å². The Morgan fingerprint density at radius 2 is 2.07 bits per heavy atom. The average molecular weight is 200 g/mol. The summed E-state index contributed by atoms with van der Waals surface area (Å²) in [5, 5.41) is 8.96. The standard InChI is InChI=1S/C10H16O4/c1-5-6(9(11)12)4-7-8(5)14-10(2,3)13-7/h5-8H,4H2,1-3H3,(H,11,12)/t5?,6-,7+,8-/m1/s1. The molecule has 4 atom stereocenters. The molecule has 1 unspecified atom stereocenters. The Kier molecular flexibility index (Phi) is 2.08. The van der Waals surface area contributed by atoms with Crippen molar-refractivity contribution in [1.29, 1.82) is 0 Å². The molecule has 80 valence electrons. The molecule has 0 aromatic rings. The molecule has 14 heavy (non-hydrogen) atoms. The van der Waals surface area contributed by atoms with Crippen molar-refractivity contribution in [3.8, 4) is 0 Å². The van der Waals surface area contributed by atoms with Crippen LogP contribution in [0.1, 0.15) is 27.2 Å². The summed E-state index contributed by atoms with van der Waals surface area (Å²) in [6, 6.07) is 0. The van der Waals surface area contributed by atoms with Gasteiger partial charge in [-0.15, -0.1) is 0 Å². The molecule has 1 aliphatic carbocycles. The van der Waals surface area contributed by atoms with Gasteiger partial charge in [-0.2, -0.15) is 0 Å². The van der Waals surface area contributed by atoms with Crippen molar-refractivity contribution in [2.45, 2.75) is 45.2 Å².